The van der Waals surface area contributed by atoms with Crippen LogP contribution in [-0.2, 0) is 16.0 Å². The monoisotopic (exact) mass is 498 g/mol. The summed E-state index contributed by atoms with van der Waals surface area (Å²) in [6.07, 6.45) is 1.96. The van der Waals surface area contributed by atoms with Crippen molar-refractivity contribution in [2.75, 3.05) is 34.0 Å². The Balaban J connectivity index is 1.63. The zero-order chi connectivity index (χ0) is 26.1. The Morgan fingerprint density at radius 3 is 2.42 bits per heavy atom. The molecule has 36 heavy (non-hydrogen) atoms. The predicted octanol–water partition coefficient (Wildman–Crippen LogP) is 2.71. The third-order valence-corrected chi connectivity index (χ3v) is 5.02. The summed E-state index contributed by atoms with van der Waals surface area (Å²) in [4.78, 5) is 35.0. The van der Waals surface area contributed by atoms with Gasteiger partial charge in [-0.05, 0) is 43.2 Å². The number of carbonyl (C=O) groups excluding carboxylic acids is 2. The summed E-state index contributed by atoms with van der Waals surface area (Å²) in [6.45, 7) is 1.77. The van der Waals surface area contributed by atoms with Gasteiger partial charge < -0.3 is 24.3 Å². The van der Waals surface area contributed by atoms with Crippen molar-refractivity contribution in [3.8, 4) is 22.9 Å². The molecule has 1 amide bonds. The van der Waals surface area contributed by atoms with Crippen LogP contribution in [0, 0.1) is 10.1 Å². The number of hydrogen-bond acceptors (Lipinski definition) is 9. The predicted molar refractivity (Wildman–Crippen MR) is 128 cm³/mol. The summed E-state index contributed by atoms with van der Waals surface area (Å²) < 4.78 is 22.4. The molecule has 0 saturated heterocycles. The first-order valence-electron chi connectivity index (χ1n) is 11.0. The van der Waals surface area contributed by atoms with E-state index < -0.39 is 16.8 Å². The van der Waals surface area contributed by atoms with Crippen molar-refractivity contribution < 1.29 is 33.5 Å². The average molecular weight is 498 g/mol. The smallest absolute Gasteiger partial charge is 0.362 e. The lowest BCUT2D eigenvalue weighted by atomic mass is 10.1. The summed E-state index contributed by atoms with van der Waals surface area (Å²) in [5.74, 6) is 0.142. The lowest BCUT2D eigenvalue weighted by Crippen LogP contribution is -2.30. The molecule has 12 nitrogen and oxygen atoms in total. The zero-order valence-corrected chi connectivity index (χ0v) is 20.1. The van der Waals surface area contributed by atoms with E-state index >= 15 is 0 Å². The first kappa shape index (κ1) is 26.0. The molecule has 0 aliphatic heterocycles. The van der Waals surface area contributed by atoms with Gasteiger partial charge in [-0.2, -0.15) is 5.10 Å². The lowest BCUT2D eigenvalue weighted by Gasteiger charge is -2.10. The highest BCUT2D eigenvalue weighted by Gasteiger charge is 2.21. The van der Waals surface area contributed by atoms with Gasteiger partial charge in [-0.3, -0.25) is 14.9 Å². The summed E-state index contributed by atoms with van der Waals surface area (Å²) in [5.41, 5.74) is 1.20. The highest BCUT2D eigenvalue weighted by Crippen LogP contribution is 2.27. The van der Waals surface area contributed by atoms with Crippen molar-refractivity contribution in [3.05, 3.63) is 70.0 Å². The SMILES string of the molecule is CCOC(=O)c1nn(-c2ccc([N+](=O)[O-])cc2)cc1OCC(=O)NCCc1ccc(OC)c(OC)c1. The molecule has 12 heteroatoms. The van der Waals surface area contributed by atoms with Gasteiger partial charge in [-0.1, -0.05) is 6.07 Å². The average Bonchev–Trinajstić information content (AvgIpc) is 3.32. The van der Waals surface area contributed by atoms with Gasteiger partial charge in [0.2, 0.25) is 5.69 Å². The van der Waals surface area contributed by atoms with Gasteiger partial charge in [0.15, 0.2) is 23.9 Å². The Kier molecular flexibility index (Phi) is 8.81. The van der Waals surface area contributed by atoms with Gasteiger partial charge in [0.25, 0.3) is 11.6 Å². The maximum atomic E-state index is 12.3. The van der Waals surface area contributed by atoms with Crippen molar-refractivity contribution in [2.45, 2.75) is 13.3 Å². The fourth-order valence-corrected chi connectivity index (χ4v) is 3.24. The molecule has 0 unspecified atom stereocenters. The second-order valence-electron chi connectivity index (χ2n) is 7.36. The van der Waals surface area contributed by atoms with E-state index in [9.17, 15) is 19.7 Å². The van der Waals surface area contributed by atoms with E-state index in [-0.39, 0.29) is 30.3 Å². The van der Waals surface area contributed by atoms with Crippen LogP contribution in [0.15, 0.2) is 48.7 Å². The number of nitro groups is 1. The van der Waals surface area contributed by atoms with Crippen molar-refractivity contribution in [1.29, 1.82) is 0 Å². The summed E-state index contributed by atoms with van der Waals surface area (Å²) >= 11 is 0. The number of nitro benzene ring substituents is 1. The van der Waals surface area contributed by atoms with Crippen LogP contribution in [-0.4, -0.2) is 60.6 Å². The second-order valence-corrected chi connectivity index (χ2v) is 7.36. The number of aromatic nitrogens is 2. The van der Waals surface area contributed by atoms with E-state index in [0.717, 1.165) is 5.56 Å². The highest BCUT2D eigenvalue weighted by molar-refractivity contribution is 5.90. The molecular weight excluding hydrogens is 472 g/mol. The van der Waals surface area contributed by atoms with Crippen molar-refractivity contribution in [3.63, 3.8) is 0 Å². The van der Waals surface area contributed by atoms with Gasteiger partial charge in [-0.25, -0.2) is 9.48 Å². The second kappa shape index (κ2) is 12.2. The molecule has 0 radical (unpaired) electrons. The molecule has 0 atom stereocenters. The van der Waals surface area contributed by atoms with Crippen molar-refractivity contribution >= 4 is 17.6 Å². The Bertz CT molecular complexity index is 1220. The van der Waals surface area contributed by atoms with Crippen LogP contribution in [0.3, 0.4) is 0 Å². The molecule has 1 N–H and O–H groups in total. The van der Waals surface area contributed by atoms with E-state index in [1.807, 2.05) is 12.1 Å². The van der Waals surface area contributed by atoms with Crippen molar-refractivity contribution in [1.82, 2.24) is 15.1 Å². The maximum Gasteiger partial charge on any atom is 0.362 e. The number of nitrogens with zero attached hydrogens (tertiary/aromatic N) is 3. The third-order valence-electron chi connectivity index (χ3n) is 5.02. The van der Waals surface area contributed by atoms with E-state index in [1.54, 1.807) is 27.2 Å². The zero-order valence-electron chi connectivity index (χ0n) is 20.1. The molecule has 0 aliphatic rings. The van der Waals surface area contributed by atoms with Crippen LogP contribution in [0.5, 0.6) is 17.2 Å². The fourth-order valence-electron chi connectivity index (χ4n) is 3.24. The van der Waals surface area contributed by atoms with Crippen LogP contribution >= 0.6 is 0 Å². The van der Waals surface area contributed by atoms with Crippen LogP contribution in [0.1, 0.15) is 23.0 Å². The van der Waals surface area contributed by atoms with Gasteiger partial charge >= 0.3 is 5.97 Å². The Hall–Kier alpha value is -4.61. The van der Waals surface area contributed by atoms with Crippen LogP contribution in [0.2, 0.25) is 0 Å². The van der Waals surface area contributed by atoms with Gasteiger partial charge in [-0.15, -0.1) is 0 Å². The third kappa shape index (κ3) is 6.50. The summed E-state index contributed by atoms with van der Waals surface area (Å²) in [7, 11) is 3.11. The highest BCUT2D eigenvalue weighted by atomic mass is 16.6. The Labute approximate surface area is 206 Å². The molecule has 1 heterocycles. The number of hydrogen-bond donors (Lipinski definition) is 1. The first-order chi connectivity index (χ1) is 17.4. The number of methoxy groups -OCH3 is 2. The number of amides is 1. The molecule has 1 aromatic heterocycles. The molecule has 3 aromatic rings. The molecule has 2 aromatic carbocycles. The van der Waals surface area contributed by atoms with E-state index in [1.165, 1.54) is 35.1 Å². The molecule has 3 rings (SSSR count). The summed E-state index contributed by atoms with van der Waals surface area (Å²) in [5, 5.41) is 17.8. The number of non-ortho nitro benzene ring substituents is 1. The number of nitrogens with one attached hydrogen (secondary N) is 1. The Morgan fingerprint density at radius 1 is 1.06 bits per heavy atom. The minimum Gasteiger partial charge on any atom is -0.493 e. The molecule has 190 valence electrons. The number of benzene rings is 2. The number of esters is 1. The molecule has 0 fully saturated rings. The minimum absolute atomic E-state index is 0.0434. The molecule has 0 aliphatic carbocycles. The summed E-state index contributed by atoms with van der Waals surface area (Å²) in [6, 6.07) is 11.1. The first-order valence-corrected chi connectivity index (χ1v) is 11.0. The maximum absolute atomic E-state index is 12.3. The number of rotatable bonds is 12. The van der Waals surface area contributed by atoms with E-state index in [4.69, 9.17) is 18.9 Å². The lowest BCUT2D eigenvalue weighted by molar-refractivity contribution is -0.384. The fraction of sp³-hybridized carbons (Fsp3) is 0.292. The van der Waals surface area contributed by atoms with Gasteiger partial charge in [0, 0.05) is 18.7 Å². The largest absolute Gasteiger partial charge is 0.493 e. The number of ether oxygens (including phenoxy) is 4. The Morgan fingerprint density at radius 2 is 1.78 bits per heavy atom. The molecule has 0 bridgehead atoms. The molecule has 0 saturated carbocycles. The van der Waals surface area contributed by atoms with Gasteiger partial charge in [0.1, 0.15) is 0 Å². The molecular formula is C24H26N4O8. The standard InChI is InChI=1S/C24H26N4O8/c1-4-35-24(30)23-21(14-27(26-23)17-6-8-18(9-7-17)28(31)32)36-15-22(29)25-12-11-16-5-10-19(33-2)20(13-16)34-3/h5-10,13-14H,4,11-12,15H2,1-3H3,(H,25,29). The van der Waals surface area contributed by atoms with Crippen LogP contribution < -0.4 is 19.5 Å². The van der Waals surface area contributed by atoms with E-state index in [0.29, 0.717) is 30.2 Å². The van der Waals surface area contributed by atoms with E-state index in [2.05, 4.69) is 10.4 Å². The quantitative estimate of drug-likeness (QED) is 0.226. The number of carbonyl (C=O) groups is 2. The van der Waals surface area contributed by atoms with Gasteiger partial charge in [0.05, 0.1) is 37.6 Å². The minimum atomic E-state index is -0.720. The van der Waals surface area contributed by atoms with Crippen molar-refractivity contribution in [2.24, 2.45) is 0 Å². The molecule has 0 spiro atoms. The van der Waals surface area contributed by atoms with Crippen LogP contribution in [0.4, 0.5) is 5.69 Å². The normalized spacial score (nSPS) is 10.4. The van der Waals surface area contributed by atoms with Crippen LogP contribution in [0.25, 0.3) is 5.69 Å². The topological polar surface area (TPSA) is 144 Å².